The van der Waals surface area contributed by atoms with Crippen molar-refractivity contribution in [2.45, 2.75) is 4.90 Å². The maximum atomic E-state index is 14.0. The van der Waals surface area contributed by atoms with Gasteiger partial charge < -0.3 is 16.8 Å². The van der Waals surface area contributed by atoms with Crippen LogP contribution in [0.15, 0.2) is 41.3 Å². The van der Waals surface area contributed by atoms with Crippen molar-refractivity contribution in [2.75, 3.05) is 16.8 Å². The lowest BCUT2D eigenvalue weighted by atomic mass is 10.1. The molecule has 1 aromatic heterocycles. The van der Waals surface area contributed by atoms with Gasteiger partial charge in [-0.3, -0.25) is 9.93 Å². The van der Waals surface area contributed by atoms with Crippen LogP contribution in [0.1, 0.15) is 15.2 Å². The first-order chi connectivity index (χ1) is 12.4. The predicted octanol–water partition coefficient (Wildman–Crippen LogP) is 3.53. The van der Waals surface area contributed by atoms with Gasteiger partial charge in [0.25, 0.3) is 0 Å². The normalized spacial score (nSPS) is 10.7. The van der Waals surface area contributed by atoms with Crippen LogP contribution in [0.25, 0.3) is 0 Å². The Kier molecular flexibility index (Phi) is 5.07. The third-order valence-electron chi connectivity index (χ3n) is 3.39. The number of hydrogen-bond acceptors (Lipinski definition) is 8. The maximum Gasteiger partial charge on any atom is 0.212 e. The number of nitrogens with one attached hydrogen (secondary N) is 1. The van der Waals surface area contributed by atoms with Crippen molar-refractivity contribution in [2.24, 2.45) is 5.14 Å². The predicted molar refractivity (Wildman–Crippen MR) is 100 cm³/mol. The van der Waals surface area contributed by atoms with Crippen molar-refractivity contribution < 1.29 is 13.6 Å². The van der Waals surface area contributed by atoms with Crippen molar-refractivity contribution in [3.8, 4) is 0 Å². The van der Waals surface area contributed by atoms with Gasteiger partial charge in [-0.1, -0.05) is 11.3 Å². The van der Waals surface area contributed by atoms with Gasteiger partial charge in [-0.2, -0.15) is 0 Å². The van der Waals surface area contributed by atoms with E-state index < -0.39 is 23.0 Å². The zero-order chi connectivity index (χ0) is 18.8. The van der Waals surface area contributed by atoms with E-state index in [1.54, 1.807) is 24.3 Å². The first-order valence-corrected chi connectivity index (χ1v) is 8.88. The molecule has 0 fully saturated rings. The standard InChI is InChI=1S/C16H13F2N5OS2/c17-10-5-7(19)6-11(18)12(10)13(24)14-15(20)23-16(25-14)22-8-1-3-9(26-21)4-2-8/h1-6H,19-21H2,(H,22,23). The summed E-state index contributed by atoms with van der Waals surface area (Å²) in [5.41, 5.74) is 11.0. The number of carbonyl (C=O) groups excluding carboxylic acids is 1. The second kappa shape index (κ2) is 7.28. The van der Waals surface area contributed by atoms with E-state index >= 15 is 0 Å². The molecule has 0 radical (unpaired) electrons. The van der Waals surface area contributed by atoms with Crippen LogP contribution in [0.3, 0.4) is 0 Å². The molecule has 7 N–H and O–H groups in total. The number of halogens is 2. The van der Waals surface area contributed by atoms with Gasteiger partial charge in [0.1, 0.15) is 22.3 Å². The Labute approximate surface area is 155 Å². The number of ketones is 1. The molecule has 26 heavy (non-hydrogen) atoms. The number of nitrogens with zero attached hydrogens (tertiary/aromatic N) is 1. The number of nitrogens with two attached hydrogens (primary N) is 3. The topological polar surface area (TPSA) is 120 Å². The van der Waals surface area contributed by atoms with Gasteiger partial charge in [0.15, 0.2) is 5.13 Å². The van der Waals surface area contributed by atoms with Gasteiger partial charge in [0.05, 0.1) is 5.56 Å². The van der Waals surface area contributed by atoms with Gasteiger partial charge >= 0.3 is 0 Å². The number of thiazole rings is 1. The van der Waals surface area contributed by atoms with E-state index in [9.17, 15) is 13.6 Å². The summed E-state index contributed by atoms with van der Waals surface area (Å²) < 4.78 is 28.0. The summed E-state index contributed by atoms with van der Waals surface area (Å²) in [5, 5.41) is 8.75. The molecule has 0 saturated heterocycles. The van der Waals surface area contributed by atoms with E-state index in [-0.39, 0.29) is 16.4 Å². The minimum atomic E-state index is -1.05. The average Bonchev–Trinajstić information content (AvgIpc) is 2.95. The monoisotopic (exact) mass is 393 g/mol. The van der Waals surface area contributed by atoms with Crippen LogP contribution in [-0.2, 0) is 0 Å². The third-order valence-corrected chi connectivity index (χ3v) is 4.92. The number of rotatable bonds is 5. The van der Waals surface area contributed by atoms with Crippen LogP contribution in [0.5, 0.6) is 0 Å². The van der Waals surface area contributed by atoms with Gasteiger partial charge in [0.2, 0.25) is 5.78 Å². The molecule has 2 aromatic carbocycles. The second-order valence-electron chi connectivity index (χ2n) is 5.19. The van der Waals surface area contributed by atoms with E-state index in [4.69, 9.17) is 16.6 Å². The first-order valence-electron chi connectivity index (χ1n) is 7.18. The lowest BCUT2D eigenvalue weighted by Crippen LogP contribution is -2.09. The zero-order valence-electron chi connectivity index (χ0n) is 13.1. The summed E-state index contributed by atoms with van der Waals surface area (Å²) in [6, 6.07) is 8.90. The van der Waals surface area contributed by atoms with Gasteiger partial charge in [0, 0.05) is 16.3 Å². The Balaban J connectivity index is 1.89. The molecule has 0 aliphatic rings. The van der Waals surface area contributed by atoms with E-state index in [0.29, 0.717) is 10.8 Å². The molecule has 0 saturated carbocycles. The van der Waals surface area contributed by atoms with E-state index in [2.05, 4.69) is 10.3 Å². The van der Waals surface area contributed by atoms with Crippen LogP contribution in [0.4, 0.5) is 31.1 Å². The summed E-state index contributed by atoms with van der Waals surface area (Å²) in [7, 11) is 0. The minimum Gasteiger partial charge on any atom is -0.399 e. The number of benzene rings is 2. The maximum absolute atomic E-state index is 14.0. The molecule has 0 amide bonds. The van der Waals surface area contributed by atoms with Crippen LogP contribution >= 0.6 is 23.3 Å². The third kappa shape index (κ3) is 3.62. The Morgan fingerprint density at radius 1 is 1.12 bits per heavy atom. The molecule has 6 nitrogen and oxygen atoms in total. The zero-order valence-corrected chi connectivity index (χ0v) is 14.8. The Hall–Kier alpha value is -2.69. The molecular weight excluding hydrogens is 380 g/mol. The molecule has 3 rings (SSSR count). The Morgan fingerprint density at radius 3 is 2.31 bits per heavy atom. The lowest BCUT2D eigenvalue weighted by molar-refractivity contribution is 0.103. The van der Waals surface area contributed by atoms with Gasteiger partial charge in [-0.15, -0.1) is 0 Å². The largest absolute Gasteiger partial charge is 0.399 e. The molecule has 0 aliphatic heterocycles. The summed E-state index contributed by atoms with van der Waals surface area (Å²) in [6.07, 6.45) is 0. The highest BCUT2D eigenvalue weighted by molar-refractivity contribution is 7.97. The molecule has 0 spiro atoms. The number of anilines is 4. The fourth-order valence-corrected chi connectivity index (χ4v) is 3.36. The van der Waals surface area contributed by atoms with Gasteiger partial charge in [-0.25, -0.2) is 13.8 Å². The van der Waals surface area contributed by atoms with Crippen molar-refractivity contribution in [3.63, 3.8) is 0 Å². The lowest BCUT2D eigenvalue weighted by Gasteiger charge is -2.04. The Bertz CT molecular complexity index is 952. The molecule has 0 atom stereocenters. The number of nitrogen functional groups attached to an aromatic ring is 2. The molecule has 0 bridgehead atoms. The summed E-state index contributed by atoms with van der Waals surface area (Å²) in [4.78, 5) is 17.3. The summed E-state index contributed by atoms with van der Waals surface area (Å²) >= 11 is 2.01. The number of hydrogen-bond donors (Lipinski definition) is 4. The average molecular weight is 393 g/mol. The highest BCUT2D eigenvalue weighted by Gasteiger charge is 2.24. The number of carbonyl (C=O) groups is 1. The molecule has 0 unspecified atom stereocenters. The molecule has 10 heteroatoms. The van der Waals surface area contributed by atoms with Crippen molar-refractivity contribution in [1.29, 1.82) is 0 Å². The van der Waals surface area contributed by atoms with E-state index in [1.165, 1.54) is 0 Å². The highest BCUT2D eigenvalue weighted by atomic mass is 32.2. The highest BCUT2D eigenvalue weighted by Crippen LogP contribution is 2.31. The van der Waals surface area contributed by atoms with Crippen LogP contribution in [0, 0.1) is 11.6 Å². The van der Waals surface area contributed by atoms with Gasteiger partial charge in [-0.05, 0) is 48.3 Å². The SMILES string of the molecule is NSc1ccc(Nc2nc(N)c(C(=O)c3c(F)cc(N)cc3F)s2)cc1. The van der Waals surface area contributed by atoms with Crippen LogP contribution in [0.2, 0.25) is 0 Å². The summed E-state index contributed by atoms with van der Waals surface area (Å²) in [5.74, 6) is -3.11. The summed E-state index contributed by atoms with van der Waals surface area (Å²) in [6.45, 7) is 0. The van der Waals surface area contributed by atoms with Crippen LogP contribution < -0.4 is 21.9 Å². The fourth-order valence-electron chi connectivity index (χ4n) is 2.21. The second-order valence-corrected chi connectivity index (χ2v) is 6.90. The van der Waals surface area contributed by atoms with Crippen molar-refractivity contribution in [1.82, 2.24) is 4.98 Å². The smallest absolute Gasteiger partial charge is 0.212 e. The first kappa shape index (κ1) is 18.1. The van der Waals surface area contributed by atoms with Crippen LogP contribution in [-0.4, -0.2) is 10.8 Å². The Morgan fingerprint density at radius 2 is 1.73 bits per heavy atom. The molecular formula is C16H13F2N5OS2. The number of aromatic nitrogens is 1. The van der Waals surface area contributed by atoms with Crippen molar-refractivity contribution in [3.05, 3.63) is 58.5 Å². The van der Waals surface area contributed by atoms with E-state index in [0.717, 1.165) is 40.3 Å². The van der Waals surface area contributed by atoms with Crippen molar-refractivity contribution >= 4 is 51.4 Å². The molecule has 0 aliphatic carbocycles. The van der Waals surface area contributed by atoms with E-state index in [1.807, 2.05) is 0 Å². The fraction of sp³-hybridized carbons (Fsp3) is 0. The molecule has 134 valence electrons. The molecule has 1 heterocycles. The minimum absolute atomic E-state index is 0.0656. The molecule has 3 aromatic rings. The quantitative estimate of drug-likeness (QED) is 0.297.